The molecule has 0 aliphatic carbocycles. The summed E-state index contributed by atoms with van der Waals surface area (Å²) in [4.78, 5) is 17.4. The minimum atomic E-state index is -0.504. The molecule has 2 aromatic rings. The number of hydrogen-bond acceptors (Lipinski definition) is 3. The van der Waals surface area contributed by atoms with Gasteiger partial charge in [0.1, 0.15) is 5.75 Å². The fourth-order valence-electron chi connectivity index (χ4n) is 3.45. The van der Waals surface area contributed by atoms with Gasteiger partial charge in [0.05, 0.1) is 12.5 Å². The average Bonchev–Trinajstić information content (AvgIpc) is 2.68. The van der Waals surface area contributed by atoms with Gasteiger partial charge in [-0.25, -0.2) is 0 Å². The monoisotopic (exact) mass is 352 g/mol. The SMILES string of the molecule is COc1ccc(N2CCN(C(=O)C(C)(C)c3ccc(C)cc3)CC2)cc1. The van der Waals surface area contributed by atoms with Crippen molar-refractivity contribution in [2.24, 2.45) is 0 Å². The van der Waals surface area contributed by atoms with E-state index in [9.17, 15) is 4.79 Å². The Balaban J connectivity index is 1.64. The summed E-state index contributed by atoms with van der Waals surface area (Å²) in [5, 5.41) is 0. The van der Waals surface area contributed by atoms with Crippen molar-refractivity contribution in [3.63, 3.8) is 0 Å². The van der Waals surface area contributed by atoms with Crippen LogP contribution in [0.5, 0.6) is 5.75 Å². The molecule has 1 aliphatic rings. The topological polar surface area (TPSA) is 32.8 Å². The van der Waals surface area contributed by atoms with E-state index >= 15 is 0 Å². The number of aryl methyl sites for hydroxylation is 1. The summed E-state index contributed by atoms with van der Waals surface area (Å²) in [5.74, 6) is 1.07. The minimum absolute atomic E-state index is 0.204. The number of methoxy groups -OCH3 is 1. The van der Waals surface area contributed by atoms with E-state index < -0.39 is 5.41 Å². The van der Waals surface area contributed by atoms with Gasteiger partial charge in [-0.3, -0.25) is 4.79 Å². The maximum atomic E-state index is 13.1. The van der Waals surface area contributed by atoms with Crippen LogP contribution in [0.4, 0.5) is 5.69 Å². The summed E-state index contributed by atoms with van der Waals surface area (Å²) in [6.45, 7) is 9.31. The molecule has 1 aliphatic heterocycles. The molecule has 0 N–H and O–H groups in total. The molecule has 0 unspecified atom stereocenters. The predicted molar refractivity (Wildman–Crippen MR) is 106 cm³/mol. The van der Waals surface area contributed by atoms with Gasteiger partial charge in [-0.15, -0.1) is 0 Å². The minimum Gasteiger partial charge on any atom is -0.497 e. The Hall–Kier alpha value is -2.49. The van der Waals surface area contributed by atoms with Crippen LogP contribution in [0.1, 0.15) is 25.0 Å². The first-order valence-electron chi connectivity index (χ1n) is 9.17. The molecule has 26 heavy (non-hydrogen) atoms. The van der Waals surface area contributed by atoms with Gasteiger partial charge in [0, 0.05) is 31.9 Å². The van der Waals surface area contributed by atoms with Gasteiger partial charge in [-0.2, -0.15) is 0 Å². The highest BCUT2D eigenvalue weighted by molar-refractivity contribution is 5.87. The second-order valence-corrected chi connectivity index (χ2v) is 7.47. The van der Waals surface area contributed by atoms with E-state index in [1.807, 2.05) is 30.9 Å². The summed E-state index contributed by atoms with van der Waals surface area (Å²) in [6, 6.07) is 16.4. The molecule has 138 valence electrons. The highest BCUT2D eigenvalue weighted by Gasteiger charge is 2.35. The van der Waals surface area contributed by atoms with Crippen LogP contribution in [0, 0.1) is 6.92 Å². The fraction of sp³-hybridized carbons (Fsp3) is 0.409. The van der Waals surface area contributed by atoms with Gasteiger partial charge in [-0.05, 0) is 50.6 Å². The molecule has 3 rings (SSSR count). The zero-order valence-electron chi connectivity index (χ0n) is 16.2. The van der Waals surface area contributed by atoms with Crippen molar-refractivity contribution in [3.8, 4) is 5.75 Å². The Morgan fingerprint density at radius 3 is 2.04 bits per heavy atom. The summed E-state index contributed by atoms with van der Waals surface area (Å²) in [7, 11) is 1.68. The van der Waals surface area contributed by atoms with Crippen molar-refractivity contribution >= 4 is 11.6 Å². The Morgan fingerprint density at radius 2 is 1.50 bits per heavy atom. The molecular formula is C22H28N2O2. The summed E-state index contributed by atoms with van der Waals surface area (Å²) >= 11 is 0. The molecule has 1 amide bonds. The summed E-state index contributed by atoms with van der Waals surface area (Å²) < 4.78 is 5.22. The number of nitrogens with zero attached hydrogens (tertiary/aromatic N) is 2. The standard InChI is InChI=1S/C22H28N2O2/c1-17-5-7-18(8-6-17)22(2,3)21(25)24-15-13-23(14-16-24)19-9-11-20(26-4)12-10-19/h5-12H,13-16H2,1-4H3. The van der Waals surface area contributed by atoms with Crippen LogP contribution in [0.3, 0.4) is 0 Å². The lowest BCUT2D eigenvalue weighted by Gasteiger charge is -2.39. The average molecular weight is 352 g/mol. The molecular weight excluding hydrogens is 324 g/mol. The van der Waals surface area contributed by atoms with Crippen molar-refractivity contribution in [3.05, 3.63) is 59.7 Å². The molecule has 0 atom stereocenters. The number of hydrogen-bond donors (Lipinski definition) is 0. The molecule has 0 saturated carbocycles. The first-order valence-corrected chi connectivity index (χ1v) is 9.17. The second kappa shape index (κ2) is 7.40. The third kappa shape index (κ3) is 3.69. The van der Waals surface area contributed by atoms with E-state index in [1.165, 1.54) is 11.3 Å². The van der Waals surface area contributed by atoms with E-state index in [1.54, 1.807) is 7.11 Å². The Kier molecular flexibility index (Phi) is 5.21. The number of carbonyl (C=O) groups is 1. The van der Waals surface area contributed by atoms with Crippen molar-refractivity contribution in [2.75, 3.05) is 38.2 Å². The lowest BCUT2D eigenvalue weighted by molar-refractivity contribution is -0.136. The normalized spacial score (nSPS) is 15.1. The number of ether oxygens (including phenoxy) is 1. The molecule has 4 nitrogen and oxygen atoms in total. The van der Waals surface area contributed by atoms with Gasteiger partial charge in [0.15, 0.2) is 0 Å². The van der Waals surface area contributed by atoms with Gasteiger partial charge < -0.3 is 14.5 Å². The second-order valence-electron chi connectivity index (χ2n) is 7.47. The maximum Gasteiger partial charge on any atom is 0.232 e. The van der Waals surface area contributed by atoms with Crippen LogP contribution < -0.4 is 9.64 Å². The quantitative estimate of drug-likeness (QED) is 0.842. The number of rotatable bonds is 4. The number of amides is 1. The maximum absolute atomic E-state index is 13.1. The molecule has 0 radical (unpaired) electrons. The number of piperazine rings is 1. The summed E-state index contributed by atoms with van der Waals surface area (Å²) in [6.07, 6.45) is 0. The van der Waals surface area contributed by atoms with Crippen molar-refractivity contribution < 1.29 is 9.53 Å². The van der Waals surface area contributed by atoms with Gasteiger partial charge in [-0.1, -0.05) is 29.8 Å². The molecule has 1 saturated heterocycles. The lowest BCUT2D eigenvalue weighted by Crippen LogP contribution is -2.53. The molecule has 0 aromatic heterocycles. The Morgan fingerprint density at radius 1 is 0.923 bits per heavy atom. The number of carbonyl (C=O) groups excluding carboxylic acids is 1. The van der Waals surface area contributed by atoms with Crippen LogP contribution in [-0.2, 0) is 10.2 Å². The van der Waals surface area contributed by atoms with Crippen molar-refractivity contribution in [1.29, 1.82) is 0 Å². The highest BCUT2D eigenvalue weighted by Crippen LogP contribution is 2.27. The van der Waals surface area contributed by atoms with Gasteiger partial charge in [0.25, 0.3) is 0 Å². The molecule has 1 heterocycles. The zero-order chi connectivity index (χ0) is 18.7. The Bertz CT molecular complexity index is 743. The van der Waals surface area contributed by atoms with Crippen LogP contribution in [0.2, 0.25) is 0 Å². The number of benzene rings is 2. The van der Waals surface area contributed by atoms with Crippen molar-refractivity contribution in [2.45, 2.75) is 26.2 Å². The number of anilines is 1. The third-order valence-corrected chi connectivity index (χ3v) is 5.31. The van der Waals surface area contributed by atoms with Crippen LogP contribution in [0.15, 0.2) is 48.5 Å². The van der Waals surface area contributed by atoms with Crippen LogP contribution >= 0.6 is 0 Å². The van der Waals surface area contributed by atoms with Crippen LogP contribution in [0.25, 0.3) is 0 Å². The zero-order valence-corrected chi connectivity index (χ0v) is 16.2. The highest BCUT2D eigenvalue weighted by atomic mass is 16.5. The molecule has 0 spiro atoms. The smallest absolute Gasteiger partial charge is 0.232 e. The fourth-order valence-corrected chi connectivity index (χ4v) is 3.45. The summed E-state index contributed by atoms with van der Waals surface area (Å²) in [5.41, 5.74) is 2.96. The third-order valence-electron chi connectivity index (χ3n) is 5.31. The van der Waals surface area contributed by atoms with Crippen molar-refractivity contribution in [1.82, 2.24) is 4.90 Å². The van der Waals surface area contributed by atoms with E-state index in [0.29, 0.717) is 0 Å². The first-order chi connectivity index (χ1) is 12.4. The predicted octanol–water partition coefficient (Wildman–Crippen LogP) is 3.63. The van der Waals surface area contributed by atoms with E-state index in [4.69, 9.17) is 4.74 Å². The van der Waals surface area contributed by atoms with E-state index in [2.05, 4.69) is 48.2 Å². The molecule has 4 heteroatoms. The first kappa shape index (κ1) is 18.3. The Labute approximate surface area is 156 Å². The van der Waals surface area contributed by atoms with Gasteiger partial charge >= 0.3 is 0 Å². The molecule has 0 bridgehead atoms. The largest absolute Gasteiger partial charge is 0.497 e. The molecule has 2 aromatic carbocycles. The van der Waals surface area contributed by atoms with Crippen LogP contribution in [-0.4, -0.2) is 44.1 Å². The molecule has 1 fully saturated rings. The lowest BCUT2D eigenvalue weighted by atomic mass is 9.82. The van der Waals surface area contributed by atoms with E-state index in [-0.39, 0.29) is 5.91 Å². The van der Waals surface area contributed by atoms with Gasteiger partial charge in [0.2, 0.25) is 5.91 Å². The van der Waals surface area contributed by atoms with E-state index in [0.717, 1.165) is 37.5 Å².